The van der Waals surface area contributed by atoms with Crippen LogP contribution in [0.15, 0.2) is 24.3 Å². The minimum atomic E-state index is 0. The van der Waals surface area contributed by atoms with Crippen molar-refractivity contribution in [1.29, 1.82) is 5.26 Å². The molecule has 1 aromatic carbocycles. The molecule has 8 heteroatoms. The van der Waals surface area contributed by atoms with Gasteiger partial charge in [0.25, 0.3) is 0 Å². The number of nitriles is 1. The minimum Gasteiger partial charge on any atom is -0.507 e. The summed E-state index contributed by atoms with van der Waals surface area (Å²) < 4.78 is 5.91. The average Bonchev–Trinajstić information content (AvgIpc) is 2.68. The Morgan fingerprint density at radius 1 is 1.41 bits per heavy atom. The van der Waals surface area contributed by atoms with Crippen LogP contribution >= 0.6 is 12.4 Å². The molecule has 1 fully saturated rings. The number of anilines is 1. The Balaban J connectivity index is 0.00000300. The summed E-state index contributed by atoms with van der Waals surface area (Å²) in [6.07, 6.45) is 2.03. The Morgan fingerprint density at radius 2 is 2.21 bits per heavy atom. The van der Waals surface area contributed by atoms with Crippen molar-refractivity contribution >= 4 is 18.2 Å². The van der Waals surface area contributed by atoms with E-state index in [2.05, 4.69) is 16.4 Å². The van der Waals surface area contributed by atoms with Crippen LogP contribution in [-0.2, 0) is 0 Å². The molecular formula is C21H28ClN5O2. The first-order valence-corrected chi connectivity index (χ1v) is 9.52. The second-order valence-corrected chi connectivity index (χ2v) is 7.31. The van der Waals surface area contributed by atoms with Crippen LogP contribution in [0.3, 0.4) is 0 Å². The van der Waals surface area contributed by atoms with Gasteiger partial charge in [-0.25, -0.2) is 4.98 Å². The first-order valence-electron chi connectivity index (χ1n) is 9.52. The van der Waals surface area contributed by atoms with Crippen molar-refractivity contribution in [1.82, 2.24) is 15.2 Å². The van der Waals surface area contributed by atoms with E-state index in [0.717, 1.165) is 38.0 Å². The van der Waals surface area contributed by atoms with Crippen LogP contribution in [-0.4, -0.2) is 55.3 Å². The van der Waals surface area contributed by atoms with E-state index in [1.165, 1.54) is 0 Å². The number of aromatic nitrogens is 1. The molecule has 1 aliphatic rings. The van der Waals surface area contributed by atoms with Gasteiger partial charge in [-0.15, -0.1) is 12.4 Å². The van der Waals surface area contributed by atoms with Crippen LogP contribution in [0.1, 0.15) is 29.9 Å². The zero-order valence-electron chi connectivity index (χ0n) is 16.8. The van der Waals surface area contributed by atoms with E-state index in [1.807, 2.05) is 31.1 Å². The highest BCUT2D eigenvalue weighted by Crippen LogP contribution is 2.40. The first-order chi connectivity index (χ1) is 13.5. The zero-order valence-corrected chi connectivity index (χ0v) is 17.6. The molecule has 0 spiro atoms. The molecule has 1 aliphatic heterocycles. The van der Waals surface area contributed by atoms with E-state index in [-0.39, 0.29) is 29.9 Å². The maximum absolute atomic E-state index is 10.5. The lowest BCUT2D eigenvalue weighted by Gasteiger charge is -2.25. The Labute approximate surface area is 177 Å². The van der Waals surface area contributed by atoms with Crippen molar-refractivity contribution < 1.29 is 9.84 Å². The number of hydrogen-bond acceptors (Lipinski definition) is 7. The van der Waals surface area contributed by atoms with Crippen molar-refractivity contribution in [2.45, 2.75) is 18.8 Å². The summed E-state index contributed by atoms with van der Waals surface area (Å²) in [5, 5.41) is 23.5. The van der Waals surface area contributed by atoms with E-state index in [0.29, 0.717) is 29.2 Å². The van der Waals surface area contributed by atoms with Gasteiger partial charge < -0.3 is 25.8 Å². The molecule has 29 heavy (non-hydrogen) atoms. The number of phenols is 1. The third kappa shape index (κ3) is 5.30. The van der Waals surface area contributed by atoms with Gasteiger partial charge in [0.05, 0.1) is 16.8 Å². The second-order valence-electron chi connectivity index (χ2n) is 7.31. The van der Waals surface area contributed by atoms with Crippen molar-refractivity contribution in [3.8, 4) is 28.8 Å². The van der Waals surface area contributed by atoms with Crippen LogP contribution in [0.5, 0.6) is 11.5 Å². The highest BCUT2D eigenvalue weighted by molar-refractivity contribution is 5.85. The van der Waals surface area contributed by atoms with E-state index in [9.17, 15) is 10.4 Å². The van der Waals surface area contributed by atoms with E-state index < -0.39 is 0 Å². The third-order valence-electron chi connectivity index (χ3n) is 4.98. The molecule has 0 saturated carbocycles. The Bertz CT molecular complexity index is 876. The Kier molecular flexibility index (Phi) is 8.09. The van der Waals surface area contributed by atoms with Crippen LogP contribution in [0.4, 0.5) is 5.82 Å². The fourth-order valence-corrected chi connectivity index (χ4v) is 3.51. The van der Waals surface area contributed by atoms with Gasteiger partial charge in [0.1, 0.15) is 30.0 Å². The Morgan fingerprint density at radius 3 is 2.86 bits per heavy atom. The molecule has 0 bridgehead atoms. The SMILES string of the molecule is CN(C)CCOc1cccc(O)c1-c1cc(C2CCCNC2)c(C#N)c(N)n1.Cl. The maximum atomic E-state index is 10.5. The van der Waals surface area contributed by atoms with Gasteiger partial charge in [-0.2, -0.15) is 5.26 Å². The molecule has 1 unspecified atom stereocenters. The van der Waals surface area contributed by atoms with Gasteiger partial charge >= 0.3 is 0 Å². The minimum absolute atomic E-state index is 0. The largest absolute Gasteiger partial charge is 0.507 e. The van der Waals surface area contributed by atoms with Crippen LogP contribution < -0.4 is 15.8 Å². The van der Waals surface area contributed by atoms with Gasteiger partial charge in [0, 0.05) is 13.1 Å². The maximum Gasteiger partial charge on any atom is 0.142 e. The number of halogens is 1. The lowest BCUT2D eigenvalue weighted by Crippen LogP contribution is -2.29. The summed E-state index contributed by atoms with van der Waals surface area (Å²) in [7, 11) is 3.94. The first kappa shape index (κ1) is 22.8. The number of nitrogens with zero attached hydrogens (tertiary/aromatic N) is 3. The standard InChI is InChI=1S/C21H27N5O2.ClH/c1-26(2)9-10-28-19-7-3-6-18(27)20(19)17-11-15(14-5-4-8-24-13-14)16(12-22)21(23)25-17;/h3,6-7,11,14,24,27H,4-5,8-10,13H2,1-2H3,(H2,23,25);1H. The van der Waals surface area contributed by atoms with Crippen molar-refractivity contribution in [2.75, 3.05) is 46.1 Å². The lowest BCUT2D eigenvalue weighted by molar-refractivity contribution is 0.261. The number of nitrogen functional groups attached to an aromatic ring is 1. The van der Waals surface area contributed by atoms with Crippen LogP contribution in [0.2, 0.25) is 0 Å². The quantitative estimate of drug-likeness (QED) is 0.663. The van der Waals surface area contributed by atoms with Gasteiger partial charge in [0.15, 0.2) is 0 Å². The highest BCUT2D eigenvalue weighted by atomic mass is 35.5. The summed E-state index contributed by atoms with van der Waals surface area (Å²) in [4.78, 5) is 6.44. The fourth-order valence-electron chi connectivity index (χ4n) is 3.51. The molecule has 2 heterocycles. The summed E-state index contributed by atoms with van der Waals surface area (Å²) in [5.74, 6) is 0.998. The topological polar surface area (TPSA) is 107 Å². The van der Waals surface area contributed by atoms with E-state index in [1.54, 1.807) is 12.1 Å². The Hall–Kier alpha value is -2.53. The predicted octanol–water partition coefficient (Wildman–Crippen LogP) is 2.74. The van der Waals surface area contributed by atoms with Gasteiger partial charge in [-0.3, -0.25) is 0 Å². The molecule has 156 valence electrons. The van der Waals surface area contributed by atoms with Gasteiger partial charge in [-0.1, -0.05) is 6.07 Å². The number of nitrogens with one attached hydrogen (secondary N) is 1. The summed E-state index contributed by atoms with van der Waals surface area (Å²) in [6.45, 7) is 3.01. The summed E-state index contributed by atoms with van der Waals surface area (Å²) in [6, 6.07) is 9.23. The molecule has 0 radical (unpaired) electrons. The monoisotopic (exact) mass is 417 g/mol. The summed E-state index contributed by atoms with van der Waals surface area (Å²) >= 11 is 0. The van der Waals surface area contributed by atoms with Crippen LogP contribution in [0.25, 0.3) is 11.3 Å². The predicted molar refractivity (Wildman–Crippen MR) is 117 cm³/mol. The summed E-state index contributed by atoms with van der Waals surface area (Å²) in [5.41, 5.74) is 8.45. The van der Waals surface area contributed by atoms with Gasteiger partial charge in [0.2, 0.25) is 0 Å². The molecule has 0 amide bonds. The molecule has 0 aliphatic carbocycles. The number of benzene rings is 1. The zero-order chi connectivity index (χ0) is 20.1. The fraction of sp³-hybridized carbons (Fsp3) is 0.429. The average molecular weight is 418 g/mol. The number of nitrogens with two attached hydrogens (primary N) is 1. The highest BCUT2D eigenvalue weighted by Gasteiger charge is 2.23. The number of likely N-dealkylation sites (N-methyl/N-ethyl adjacent to an activating group) is 1. The molecule has 1 aromatic heterocycles. The van der Waals surface area contributed by atoms with E-state index >= 15 is 0 Å². The molecule has 7 nitrogen and oxygen atoms in total. The van der Waals surface area contributed by atoms with Crippen LogP contribution in [0, 0.1) is 11.3 Å². The number of pyridine rings is 1. The number of hydrogen-bond donors (Lipinski definition) is 3. The number of piperidine rings is 1. The molecular weight excluding hydrogens is 390 g/mol. The number of ether oxygens (including phenoxy) is 1. The normalized spacial score (nSPS) is 16.1. The molecule has 4 N–H and O–H groups in total. The van der Waals surface area contributed by atoms with Crippen molar-refractivity contribution in [3.63, 3.8) is 0 Å². The van der Waals surface area contributed by atoms with E-state index in [4.69, 9.17) is 10.5 Å². The lowest BCUT2D eigenvalue weighted by atomic mass is 9.88. The van der Waals surface area contributed by atoms with Gasteiger partial charge in [-0.05, 0) is 63.2 Å². The molecule has 1 saturated heterocycles. The van der Waals surface area contributed by atoms with Crippen molar-refractivity contribution in [2.24, 2.45) is 0 Å². The third-order valence-corrected chi connectivity index (χ3v) is 4.98. The molecule has 1 atom stereocenters. The number of aromatic hydroxyl groups is 1. The number of phenolic OH excluding ortho intramolecular Hbond substituents is 1. The second kappa shape index (κ2) is 10.3. The van der Waals surface area contributed by atoms with Crippen molar-refractivity contribution in [3.05, 3.63) is 35.4 Å². The number of rotatable bonds is 6. The smallest absolute Gasteiger partial charge is 0.142 e. The molecule has 2 aromatic rings. The molecule has 3 rings (SSSR count).